The van der Waals surface area contributed by atoms with Crippen LogP contribution in [0.15, 0.2) is 12.1 Å². The molecular weight excluding hydrogens is 286 g/mol. The summed E-state index contributed by atoms with van der Waals surface area (Å²) in [5.74, 6) is 0. The Bertz CT molecular complexity index is 416. The first-order valence-corrected chi connectivity index (χ1v) is 6.01. The normalized spacial score (nSPS) is 12.8. The molecule has 0 atom stereocenters. The second kappa shape index (κ2) is 5.88. The van der Waals surface area contributed by atoms with E-state index in [2.05, 4.69) is 10.3 Å². The standard InChI is InChI=1S/C12H14F6N2/c1-3-7(4-2)19-8-5-9(11(13,14)15)20-10(6-8)12(16,17)18/h5-7H,3-4H2,1-2H3,(H,19,20). The van der Waals surface area contributed by atoms with Crippen LogP contribution in [0.3, 0.4) is 0 Å². The van der Waals surface area contributed by atoms with Gasteiger partial charge < -0.3 is 5.32 Å². The molecule has 0 saturated heterocycles. The maximum absolute atomic E-state index is 12.6. The second-order valence-electron chi connectivity index (χ2n) is 4.28. The van der Waals surface area contributed by atoms with Crippen LogP contribution in [0.5, 0.6) is 0 Å². The minimum atomic E-state index is -4.92. The van der Waals surface area contributed by atoms with Crippen molar-refractivity contribution >= 4 is 5.69 Å². The van der Waals surface area contributed by atoms with E-state index in [4.69, 9.17) is 0 Å². The Balaban J connectivity index is 3.24. The summed E-state index contributed by atoms with van der Waals surface area (Å²) < 4.78 is 75.5. The number of pyridine rings is 1. The topological polar surface area (TPSA) is 24.9 Å². The van der Waals surface area contributed by atoms with Crippen molar-refractivity contribution in [2.75, 3.05) is 5.32 Å². The number of nitrogens with zero attached hydrogens (tertiary/aromatic N) is 1. The summed E-state index contributed by atoms with van der Waals surface area (Å²) in [5.41, 5.74) is -3.34. The van der Waals surface area contributed by atoms with E-state index in [0.717, 1.165) is 0 Å². The molecule has 0 amide bonds. The lowest BCUT2D eigenvalue weighted by atomic mass is 10.1. The molecule has 0 aliphatic carbocycles. The Labute approximate surface area is 112 Å². The number of hydrogen-bond acceptors (Lipinski definition) is 2. The maximum Gasteiger partial charge on any atom is 0.433 e. The SMILES string of the molecule is CCC(CC)Nc1cc(C(F)(F)F)nc(C(F)(F)F)c1. The fourth-order valence-electron chi connectivity index (χ4n) is 1.63. The quantitative estimate of drug-likeness (QED) is 0.814. The van der Waals surface area contributed by atoms with Gasteiger partial charge in [-0.25, -0.2) is 4.98 Å². The van der Waals surface area contributed by atoms with Gasteiger partial charge in [0.1, 0.15) is 11.4 Å². The van der Waals surface area contributed by atoms with Gasteiger partial charge >= 0.3 is 12.4 Å². The molecule has 0 aromatic carbocycles. The van der Waals surface area contributed by atoms with Gasteiger partial charge in [0.25, 0.3) is 0 Å². The van der Waals surface area contributed by atoms with E-state index in [9.17, 15) is 26.3 Å². The number of nitrogens with one attached hydrogen (secondary N) is 1. The van der Waals surface area contributed by atoms with Gasteiger partial charge in [-0.2, -0.15) is 26.3 Å². The Hall–Kier alpha value is -1.47. The van der Waals surface area contributed by atoms with Crippen LogP contribution >= 0.6 is 0 Å². The van der Waals surface area contributed by atoms with Gasteiger partial charge in [0, 0.05) is 11.7 Å². The van der Waals surface area contributed by atoms with Crippen molar-refractivity contribution in [1.29, 1.82) is 0 Å². The molecule has 1 aromatic heterocycles. The van der Waals surface area contributed by atoms with Crippen LogP contribution in [0.4, 0.5) is 32.0 Å². The van der Waals surface area contributed by atoms with Crippen LogP contribution < -0.4 is 5.32 Å². The smallest absolute Gasteiger partial charge is 0.382 e. The maximum atomic E-state index is 12.6. The number of halogens is 6. The van der Waals surface area contributed by atoms with Gasteiger partial charge in [-0.3, -0.25) is 0 Å². The number of aromatic nitrogens is 1. The van der Waals surface area contributed by atoms with E-state index >= 15 is 0 Å². The number of rotatable bonds is 4. The van der Waals surface area contributed by atoms with Gasteiger partial charge in [-0.05, 0) is 25.0 Å². The summed E-state index contributed by atoms with van der Waals surface area (Å²) >= 11 is 0. The van der Waals surface area contributed by atoms with E-state index in [-0.39, 0.29) is 11.7 Å². The summed E-state index contributed by atoms with van der Waals surface area (Å²) in [4.78, 5) is 2.64. The van der Waals surface area contributed by atoms with E-state index in [1.54, 1.807) is 13.8 Å². The Kier molecular flexibility index (Phi) is 4.88. The van der Waals surface area contributed by atoms with Crippen molar-refractivity contribution in [2.24, 2.45) is 0 Å². The number of alkyl halides is 6. The van der Waals surface area contributed by atoms with Crippen molar-refractivity contribution in [3.8, 4) is 0 Å². The lowest BCUT2D eigenvalue weighted by Gasteiger charge is -2.19. The van der Waals surface area contributed by atoms with Gasteiger partial charge in [-0.1, -0.05) is 13.8 Å². The zero-order valence-corrected chi connectivity index (χ0v) is 10.9. The fourth-order valence-corrected chi connectivity index (χ4v) is 1.63. The van der Waals surface area contributed by atoms with E-state index < -0.39 is 23.7 Å². The van der Waals surface area contributed by atoms with Crippen molar-refractivity contribution < 1.29 is 26.3 Å². The Morgan fingerprint density at radius 3 is 1.65 bits per heavy atom. The summed E-state index contributed by atoms with van der Waals surface area (Å²) in [6.07, 6.45) is -8.68. The molecule has 0 spiro atoms. The lowest BCUT2D eigenvalue weighted by molar-refractivity contribution is -0.150. The summed E-state index contributed by atoms with van der Waals surface area (Å²) in [6.45, 7) is 3.58. The third kappa shape index (κ3) is 4.28. The van der Waals surface area contributed by atoms with Gasteiger partial charge in [0.2, 0.25) is 0 Å². The summed E-state index contributed by atoms with van der Waals surface area (Å²) in [5, 5.41) is 2.66. The van der Waals surface area contributed by atoms with E-state index in [0.29, 0.717) is 25.0 Å². The lowest BCUT2D eigenvalue weighted by Crippen LogP contribution is -2.20. The first-order valence-electron chi connectivity index (χ1n) is 6.01. The highest BCUT2D eigenvalue weighted by Crippen LogP contribution is 2.35. The molecule has 0 radical (unpaired) electrons. The van der Waals surface area contributed by atoms with Crippen LogP contribution in [0.1, 0.15) is 38.1 Å². The van der Waals surface area contributed by atoms with Crippen LogP contribution in [-0.2, 0) is 12.4 Å². The minimum Gasteiger partial charge on any atom is -0.382 e. The zero-order chi connectivity index (χ0) is 15.6. The van der Waals surface area contributed by atoms with Gasteiger partial charge in [0.15, 0.2) is 0 Å². The molecule has 0 saturated carbocycles. The van der Waals surface area contributed by atoms with E-state index in [1.165, 1.54) is 0 Å². The number of anilines is 1. The first kappa shape index (κ1) is 16.6. The predicted octanol–water partition coefficient (Wildman–Crippen LogP) is 4.72. The van der Waals surface area contributed by atoms with Crippen molar-refractivity contribution in [2.45, 2.75) is 45.1 Å². The highest BCUT2D eigenvalue weighted by atomic mass is 19.4. The predicted molar refractivity (Wildman–Crippen MR) is 62.2 cm³/mol. The molecule has 0 unspecified atom stereocenters. The molecule has 20 heavy (non-hydrogen) atoms. The summed E-state index contributed by atoms with van der Waals surface area (Å²) in [7, 11) is 0. The van der Waals surface area contributed by atoms with Crippen LogP contribution in [-0.4, -0.2) is 11.0 Å². The highest BCUT2D eigenvalue weighted by Gasteiger charge is 2.38. The molecular formula is C12H14F6N2. The van der Waals surface area contributed by atoms with Crippen LogP contribution in [0, 0.1) is 0 Å². The van der Waals surface area contributed by atoms with Crippen molar-refractivity contribution in [3.63, 3.8) is 0 Å². The third-order valence-corrected chi connectivity index (χ3v) is 2.76. The van der Waals surface area contributed by atoms with Crippen molar-refractivity contribution in [3.05, 3.63) is 23.5 Å². The molecule has 2 nitrogen and oxygen atoms in total. The van der Waals surface area contributed by atoms with Gasteiger partial charge in [0.05, 0.1) is 0 Å². The number of hydrogen-bond donors (Lipinski definition) is 1. The van der Waals surface area contributed by atoms with Crippen molar-refractivity contribution in [1.82, 2.24) is 4.98 Å². The molecule has 1 heterocycles. The largest absolute Gasteiger partial charge is 0.433 e. The highest BCUT2D eigenvalue weighted by molar-refractivity contribution is 5.47. The Morgan fingerprint density at radius 1 is 0.950 bits per heavy atom. The molecule has 1 aromatic rings. The second-order valence-corrected chi connectivity index (χ2v) is 4.28. The van der Waals surface area contributed by atoms with Gasteiger partial charge in [-0.15, -0.1) is 0 Å². The summed E-state index contributed by atoms with van der Waals surface area (Å²) in [6, 6.07) is 0.987. The average molecular weight is 300 g/mol. The van der Waals surface area contributed by atoms with Crippen LogP contribution in [0.2, 0.25) is 0 Å². The molecule has 0 aliphatic heterocycles. The molecule has 0 bridgehead atoms. The Morgan fingerprint density at radius 2 is 1.35 bits per heavy atom. The molecule has 0 fully saturated rings. The molecule has 8 heteroatoms. The monoisotopic (exact) mass is 300 g/mol. The third-order valence-electron chi connectivity index (χ3n) is 2.76. The van der Waals surface area contributed by atoms with Crippen LogP contribution in [0.25, 0.3) is 0 Å². The zero-order valence-electron chi connectivity index (χ0n) is 10.9. The minimum absolute atomic E-state index is 0.195. The molecule has 114 valence electrons. The molecule has 1 rings (SSSR count). The average Bonchev–Trinajstić information content (AvgIpc) is 2.33. The first-order chi connectivity index (χ1) is 9.07. The van der Waals surface area contributed by atoms with E-state index in [1.807, 2.05) is 0 Å². The fraction of sp³-hybridized carbons (Fsp3) is 0.583. The molecule has 1 N–H and O–H groups in total. The molecule has 0 aliphatic rings.